The maximum absolute atomic E-state index is 13.9. The molecule has 0 radical (unpaired) electrons. The average Bonchev–Trinajstić information content (AvgIpc) is 3.37. The summed E-state index contributed by atoms with van der Waals surface area (Å²) < 4.78 is 43.2. The standard InChI is InChI=1S/C30H35F3N6OS/c1-4-20(3)27(26(40)14-24-16-36-19-38(24)17-22-12-10-21(15-34)11-13-22)28(35)39(29(41)37-5-2)18-23-8-6-7-9-25(23)30(31,32)33/h6-13,16,19-20,27-28H,4-5,14,17-18,35H2,1-3H3,(H,37,41)/t20-,27+,28?/m0/s1. The number of benzene rings is 2. The molecule has 3 aromatic rings. The van der Waals surface area contributed by atoms with E-state index in [4.69, 9.17) is 23.2 Å². The van der Waals surface area contributed by atoms with E-state index in [0.29, 0.717) is 30.8 Å². The molecule has 1 aromatic heterocycles. The average molecular weight is 585 g/mol. The first-order valence-electron chi connectivity index (χ1n) is 13.5. The molecule has 0 aliphatic heterocycles. The molecular weight excluding hydrogens is 549 g/mol. The molecule has 0 amide bonds. The van der Waals surface area contributed by atoms with Gasteiger partial charge in [-0.15, -0.1) is 0 Å². The molecule has 3 rings (SSSR count). The molecule has 0 aliphatic rings. The number of carbonyl (C=O) groups excluding carboxylic acids is 1. The third-order valence-electron chi connectivity index (χ3n) is 7.20. The van der Waals surface area contributed by atoms with Crippen molar-refractivity contribution in [2.24, 2.45) is 17.6 Å². The van der Waals surface area contributed by atoms with Crippen LogP contribution < -0.4 is 11.1 Å². The molecule has 1 unspecified atom stereocenters. The van der Waals surface area contributed by atoms with Crippen molar-refractivity contribution in [3.63, 3.8) is 0 Å². The van der Waals surface area contributed by atoms with Crippen LogP contribution in [0.5, 0.6) is 0 Å². The van der Waals surface area contributed by atoms with E-state index in [9.17, 15) is 18.0 Å². The first kappa shape index (κ1) is 31.8. The predicted molar refractivity (Wildman–Crippen MR) is 155 cm³/mol. The molecule has 2 aromatic carbocycles. The van der Waals surface area contributed by atoms with Crippen LogP contribution in [0, 0.1) is 23.2 Å². The van der Waals surface area contributed by atoms with Gasteiger partial charge in [0.2, 0.25) is 0 Å². The number of aromatic nitrogens is 2. The van der Waals surface area contributed by atoms with Crippen LogP contribution in [0.3, 0.4) is 0 Å². The van der Waals surface area contributed by atoms with E-state index in [1.165, 1.54) is 23.1 Å². The van der Waals surface area contributed by atoms with Gasteiger partial charge in [-0.2, -0.15) is 18.4 Å². The number of alkyl halides is 3. The Balaban J connectivity index is 1.90. The minimum atomic E-state index is -4.55. The monoisotopic (exact) mass is 584 g/mol. The number of imidazole rings is 1. The molecule has 0 aliphatic carbocycles. The van der Waals surface area contributed by atoms with Crippen molar-refractivity contribution in [1.29, 1.82) is 5.26 Å². The second-order valence-electron chi connectivity index (χ2n) is 9.98. The molecule has 3 atom stereocenters. The van der Waals surface area contributed by atoms with Gasteiger partial charge in [-0.1, -0.05) is 50.6 Å². The van der Waals surface area contributed by atoms with Gasteiger partial charge in [0.25, 0.3) is 0 Å². The van der Waals surface area contributed by atoms with Crippen molar-refractivity contribution in [1.82, 2.24) is 19.8 Å². The Hall–Kier alpha value is -3.75. The lowest BCUT2D eigenvalue weighted by molar-refractivity contribution is -0.138. The van der Waals surface area contributed by atoms with E-state index >= 15 is 0 Å². The van der Waals surface area contributed by atoms with Gasteiger partial charge in [-0.05, 0) is 54.4 Å². The first-order valence-corrected chi connectivity index (χ1v) is 13.9. The molecule has 218 valence electrons. The minimum absolute atomic E-state index is 0.0200. The number of halogens is 3. The number of rotatable bonds is 12. The second-order valence-corrected chi connectivity index (χ2v) is 10.4. The van der Waals surface area contributed by atoms with E-state index in [0.717, 1.165) is 11.6 Å². The summed E-state index contributed by atoms with van der Waals surface area (Å²) in [6.45, 7) is 6.37. The van der Waals surface area contributed by atoms with Crippen LogP contribution in [0.25, 0.3) is 0 Å². The molecule has 11 heteroatoms. The summed E-state index contributed by atoms with van der Waals surface area (Å²) in [6, 6.07) is 14.6. The predicted octanol–water partition coefficient (Wildman–Crippen LogP) is 5.28. The van der Waals surface area contributed by atoms with Crippen LogP contribution >= 0.6 is 12.2 Å². The maximum Gasteiger partial charge on any atom is 0.416 e. The Morgan fingerprint density at radius 3 is 2.49 bits per heavy atom. The molecule has 41 heavy (non-hydrogen) atoms. The van der Waals surface area contributed by atoms with Crippen molar-refractivity contribution in [2.75, 3.05) is 6.54 Å². The van der Waals surface area contributed by atoms with Gasteiger partial charge in [-0.25, -0.2) is 4.98 Å². The number of nitrogens with one attached hydrogen (secondary N) is 1. The topological polar surface area (TPSA) is 100.0 Å². The maximum atomic E-state index is 13.9. The summed E-state index contributed by atoms with van der Waals surface area (Å²) >= 11 is 5.55. The number of nitriles is 1. The normalized spacial score (nSPS) is 13.6. The van der Waals surface area contributed by atoms with E-state index < -0.39 is 23.8 Å². The fourth-order valence-corrected chi connectivity index (χ4v) is 5.12. The van der Waals surface area contributed by atoms with Crippen LogP contribution in [0.15, 0.2) is 61.1 Å². The van der Waals surface area contributed by atoms with Gasteiger partial charge in [0.1, 0.15) is 5.78 Å². The number of hydrogen-bond donors (Lipinski definition) is 2. The molecule has 0 saturated heterocycles. The number of hydrogen-bond acceptors (Lipinski definition) is 5. The summed E-state index contributed by atoms with van der Waals surface area (Å²) in [5, 5.41) is 12.2. The van der Waals surface area contributed by atoms with Gasteiger partial charge >= 0.3 is 6.18 Å². The molecule has 3 N–H and O–H groups in total. The van der Waals surface area contributed by atoms with Crippen LogP contribution in [0.4, 0.5) is 13.2 Å². The zero-order valence-corrected chi connectivity index (χ0v) is 24.2. The zero-order valence-electron chi connectivity index (χ0n) is 23.4. The number of ketones is 1. The smallest absolute Gasteiger partial charge is 0.363 e. The number of nitrogens with two attached hydrogens (primary N) is 1. The number of thiocarbonyl (C=S) groups is 1. The summed E-state index contributed by atoms with van der Waals surface area (Å²) in [4.78, 5) is 19.6. The summed E-state index contributed by atoms with van der Waals surface area (Å²) in [5.41, 5.74) is 8.17. The fourth-order valence-electron chi connectivity index (χ4n) is 4.79. The third-order valence-corrected chi connectivity index (χ3v) is 7.58. The summed E-state index contributed by atoms with van der Waals surface area (Å²) in [7, 11) is 0. The largest absolute Gasteiger partial charge is 0.416 e. The molecule has 0 saturated carbocycles. The lowest BCUT2D eigenvalue weighted by Crippen LogP contribution is -2.56. The van der Waals surface area contributed by atoms with Crippen LogP contribution in [-0.4, -0.2) is 38.1 Å². The van der Waals surface area contributed by atoms with Crippen LogP contribution in [-0.2, 0) is 30.5 Å². The Morgan fingerprint density at radius 2 is 1.88 bits per heavy atom. The number of carbonyl (C=O) groups is 1. The number of Topliss-reactive ketones (excluding diaryl/α,β-unsaturated/α-hetero) is 1. The van der Waals surface area contributed by atoms with E-state index in [-0.39, 0.29) is 35.3 Å². The highest BCUT2D eigenvalue weighted by Gasteiger charge is 2.37. The SMILES string of the molecule is CCNC(=S)N(Cc1ccccc1C(F)(F)F)C(N)[C@@H](C(=O)Cc1cncn1Cc1ccc(C#N)cc1)[C@@H](C)CC. The second kappa shape index (κ2) is 14.2. The third kappa shape index (κ3) is 8.15. The lowest BCUT2D eigenvalue weighted by atomic mass is 9.83. The van der Waals surface area contributed by atoms with Crippen LogP contribution in [0.2, 0.25) is 0 Å². The van der Waals surface area contributed by atoms with Crippen molar-refractivity contribution < 1.29 is 18.0 Å². The molecular formula is C30H35F3N6OS. The highest BCUT2D eigenvalue weighted by Crippen LogP contribution is 2.33. The highest BCUT2D eigenvalue weighted by molar-refractivity contribution is 7.80. The molecule has 0 spiro atoms. The van der Waals surface area contributed by atoms with Crippen molar-refractivity contribution >= 4 is 23.1 Å². The van der Waals surface area contributed by atoms with E-state index in [1.54, 1.807) is 24.7 Å². The molecule has 7 nitrogen and oxygen atoms in total. The van der Waals surface area contributed by atoms with E-state index in [2.05, 4.69) is 16.4 Å². The van der Waals surface area contributed by atoms with Crippen molar-refractivity contribution in [3.8, 4) is 6.07 Å². The highest BCUT2D eigenvalue weighted by atomic mass is 32.1. The van der Waals surface area contributed by atoms with Gasteiger partial charge in [-0.3, -0.25) is 4.79 Å². The molecule has 0 bridgehead atoms. The lowest BCUT2D eigenvalue weighted by Gasteiger charge is -2.38. The summed E-state index contributed by atoms with van der Waals surface area (Å²) in [6.07, 6.45) is -1.58. The Bertz CT molecular complexity index is 1370. The van der Waals surface area contributed by atoms with Gasteiger partial charge in [0.15, 0.2) is 5.11 Å². The van der Waals surface area contributed by atoms with E-state index in [1.807, 2.05) is 37.5 Å². The van der Waals surface area contributed by atoms with Crippen molar-refractivity contribution in [2.45, 2.75) is 59.0 Å². The minimum Gasteiger partial charge on any atom is -0.363 e. The van der Waals surface area contributed by atoms with Crippen molar-refractivity contribution in [3.05, 3.63) is 89.0 Å². The van der Waals surface area contributed by atoms with Crippen LogP contribution in [0.1, 0.15) is 55.1 Å². The number of nitrogens with zero attached hydrogens (tertiary/aromatic N) is 4. The fraction of sp³-hybridized carbons (Fsp3) is 0.400. The van der Waals surface area contributed by atoms with Gasteiger partial charge < -0.3 is 20.5 Å². The Kier molecular flexibility index (Phi) is 11.0. The molecule has 1 heterocycles. The van der Waals surface area contributed by atoms with Gasteiger partial charge in [0.05, 0.1) is 35.6 Å². The Labute approximate surface area is 244 Å². The summed E-state index contributed by atoms with van der Waals surface area (Å²) in [5.74, 6) is -1.04. The first-order chi connectivity index (χ1) is 19.5. The quantitative estimate of drug-likeness (QED) is 0.221. The molecule has 0 fully saturated rings. The Morgan fingerprint density at radius 1 is 1.20 bits per heavy atom. The van der Waals surface area contributed by atoms with Gasteiger partial charge in [0, 0.05) is 37.9 Å². The zero-order chi connectivity index (χ0) is 30.2.